The lowest BCUT2D eigenvalue weighted by atomic mass is 10.0. The van der Waals surface area contributed by atoms with Crippen molar-refractivity contribution in [2.75, 3.05) is 80.9 Å². The second kappa shape index (κ2) is 11.3. The Labute approximate surface area is 225 Å². The Balaban J connectivity index is 1.22. The van der Waals surface area contributed by atoms with E-state index in [1.165, 1.54) is 25.9 Å². The van der Waals surface area contributed by atoms with E-state index >= 15 is 0 Å². The molecular formula is C28H39N8OP. The van der Waals surface area contributed by atoms with Crippen LogP contribution < -0.4 is 26.6 Å². The number of rotatable bonds is 7. The molecule has 2 aliphatic rings. The summed E-state index contributed by atoms with van der Waals surface area (Å²) in [5, 5.41) is 7.37. The summed E-state index contributed by atoms with van der Waals surface area (Å²) in [5.74, 6) is 1.08. The monoisotopic (exact) mass is 534 g/mol. The van der Waals surface area contributed by atoms with E-state index in [1.54, 1.807) is 25.6 Å². The van der Waals surface area contributed by atoms with Gasteiger partial charge >= 0.3 is 0 Å². The summed E-state index contributed by atoms with van der Waals surface area (Å²) in [6, 6.07) is 16.2. The van der Waals surface area contributed by atoms with Crippen molar-refractivity contribution in [2.45, 2.75) is 18.9 Å². The lowest BCUT2D eigenvalue weighted by molar-refractivity contribution is 0.0982. The third kappa shape index (κ3) is 6.29. The molecule has 1 aromatic heterocycles. The summed E-state index contributed by atoms with van der Waals surface area (Å²) < 4.78 is 12.7. The molecule has 0 radical (unpaired) electrons. The van der Waals surface area contributed by atoms with Crippen molar-refractivity contribution in [3.63, 3.8) is 0 Å². The molecule has 4 N–H and O–H groups in total. The fraction of sp³-hybridized carbons (Fsp3) is 0.429. The molecule has 38 heavy (non-hydrogen) atoms. The lowest BCUT2D eigenvalue weighted by Crippen LogP contribution is -2.52. The van der Waals surface area contributed by atoms with Gasteiger partial charge in [0.1, 0.15) is 13.0 Å². The van der Waals surface area contributed by atoms with Gasteiger partial charge in [-0.1, -0.05) is 12.1 Å². The zero-order chi connectivity index (χ0) is 26.7. The number of anilines is 6. The molecule has 2 fully saturated rings. The molecule has 0 aliphatic carbocycles. The number of aromatic nitrogens is 2. The predicted octanol–water partition coefficient (Wildman–Crippen LogP) is 4.01. The maximum Gasteiger partial charge on any atom is 0.229 e. The molecule has 202 valence electrons. The molecule has 0 bridgehead atoms. The van der Waals surface area contributed by atoms with Gasteiger partial charge in [-0.3, -0.25) is 4.90 Å². The highest BCUT2D eigenvalue weighted by Crippen LogP contribution is 2.38. The van der Waals surface area contributed by atoms with E-state index in [4.69, 9.17) is 5.73 Å². The van der Waals surface area contributed by atoms with Crippen molar-refractivity contribution in [3.05, 3.63) is 54.7 Å². The van der Waals surface area contributed by atoms with Crippen LogP contribution in [0.3, 0.4) is 0 Å². The van der Waals surface area contributed by atoms with Gasteiger partial charge in [-0.15, -0.1) is 0 Å². The molecule has 2 aliphatic heterocycles. The Kier molecular flexibility index (Phi) is 7.88. The smallest absolute Gasteiger partial charge is 0.229 e. The predicted molar refractivity (Wildman–Crippen MR) is 159 cm³/mol. The first-order valence-electron chi connectivity index (χ1n) is 13.3. The summed E-state index contributed by atoms with van der Waals surface area (Å²) in [7, 11) is -0.231. The summed E-state index contributed by atoms with van der Waals surface area (Å²) in [6.07, 6.45) is 4.04. The topological polar surface area (TPSA) is 103 Å². The van der Waals surface area contributed by atoms with Crippen LogP contribution in [0.25, 0.3) is 0 Å². The van der Waals surface area contributed by atoms with Crippen LogP contribution in [0.4, 0.5) is 34.5 Å². The Morgan fingerprint density at radius 1 is 0.947 bits per heavy atom. The number of likely N-dealkylation sites (N-methyl/N-ethyl adjacent to an activating group) is 1. The number of para-hydroxylation sites is 1. The zero-order valence-corrected chi connectivity index (χ0v) is 23.5. The fourth-order valence-corrected chi connectivity index (χ4v) is 6.54. The molecule has 10 heteroatoms. The van der Waals surface area contributed by atoms with Gasteiger partial charge in [0.25, 0.3) is 0 Å². The van der Waals surface area contributed by atoms with Crippen LogP contribution in [-0.4, -0.2) is 85.5 Å². The minimum absolute atomic E-state index is 0.462. The van der Waals surface area contributed by atoms with Crippen LogP contribution in [-0.2, 0) is 4.57 Å². The minimum Gasteiger partial charge on any atom is -0.397 e. The van der Waals surface area contributed by atoms with E-state index in [0.717, 1.165) is 54.2 Å². The molecule has 9 nitrogen and oxygen atoms in total. The van der Waals surface area contributed by atoms with Crippen LogP contribution in [0.15, 0.2) is 54.7 Å². The van der Waals surface area contributed by atoms with E-state index < -0.39 is 7.14 Å². The number of hydrogen-bond donors (Lipinski definition) is 3. The van der Waals surface area contributed by atoms with Crippen LogP contribution >= 0.6 is 7.14 Å². The van der Waals surface area contributed by atoms with Gasteiger partial charge in [0, 0.05) is 62.5 Å². The lowest BCUT2D eigenvalue weighted by Gasteiger charge is -2.42. The van der Waals surface area contributed by atoms with E-state index in [9.17, 15) is 4.57 Å². The average Bonchev–Trinajstić information content (AvgIpc) is 2.89. The van der Waals surface area contributed by atoms with E-state index in [2.05, 4.69) is 48.4 Å². The van der Waals surface area contributed by atoms with Gasteiger partial charge in [0.05, 0.1) is 17.1 Å². The Morgan fingerprint density at radius 3 is 2.39 bits per heavy atom. The quantitative estimate of drug-likeness (QED) is 0.306. The first kappa shape index (κ1) is 26.5. The molecule has 0 amide bonds. The second-order valence-corrected chi connectivity index (χ2v) is 13.9. The highest BCUT2D eigenvalue weighted by Gasteiger charge is 2.27. The number of piperazine rings is 1. The molecular weight excluding hydrogens is 495 g/mol. The SMILES string of the molecule is CN1CCN(C2CCN(c3ccc(Nc4nccc(Nc5ccccc5P(C)(C)=O)n4)cc3N)CC2)CC1. The van der Waals surface area contributed by atoms with Gasteiger partial charge < -0.3 is 30.7 Å². The molecule has 3 aromatic rings. The fourth-order valence-electron chi connectivity index (χ4n) is 5.38. The zero-order valence-electron chi connectivity index (χ0n) is 22.6. The summed E-state index contributed by atoms with van der Waals surface area (Å²) in [4.78, 5) is 16.5. The number of nitrogens with zero attached hydrogens (tertiary/aromatic N) is 5. The first-order valence-corrected chi connectivity index (χ1v) is 15.9. The number of nitrogens with two attached hydrogens (primary N) is 1. The Hall–Kier alpha value is -3.13. The van der Waals surface area contributed by atoms with Crippen molar-refractivity contribution in [1.29, 1.82) is 0 Å². The molecule has 0 unspecified atom stereocenters. The van der Waals surface area contributed by atoms with Crippen LogP contribution in [0.5, 0.6) is 0 Å². The van der Waals surface area contributed by atoms with Crippen molar-refractivity contribution in [2.24, 2.45) is 0 Å². The molecule has 2 saturated heterocycles. The number of hydrogen-bond acceptors (Lipinski definition) is 9. The van der Waals surface area contributed by atoms with Crippen molar-refractivity contribution in [3.8, 4) is 0 Å². The van der Waals surface area contributed by atoms with E-state index in [-0.39, 0.29) is 0 Å². The van der Waals surface area contributed by atoms with E-state index in [0.29, 0.717) is 17.8 Å². The van der Waals surface area contributed by atoms with Gasteiger partial charge in [0.2, 0.25) is 5.95 Å². The maximum absolute atomic E-state index is 12.7. The maximum atomic E-state index is 12.7. The van der Waals surface area contributed by atoms with Gasteiger partial charge in [-0.25, -0.2) is 4.98 Å². The normalized spacial score (nSPS) is 17.9. The molecule has 2 aromatic carbocycles. The minimum atomic E-state index is -2.44. The van der Waals surface area contributed by atoms with E-state index in [1.807, 2.05) is 36.4 Å². The van der Waals surface area contributed by atoms with Crippen LogP contribution in [0.2, 0.25) is 0 Å². The number of piperidine rings is 1. The summed E-state index contributed by atoms with van der Waals surface area (Å²) >= 11 is 0. The Morgan fingerprint density at radius 2 is 1.68 bits per heavy atom. The number of nitrogens with one attached hydrogen (secondary N) is 2. The number of benzene rings is 2. The average molecular weight is 535 g/mol. The van der Waals surface area contributed by atoms with Gasteiger partial charge in [-0.2, -0.15) is 4.98 Å². The third-order valence-electron chi connectivity index (χ3n) is 7.55. The molecule has 0 saturated carbocycles. The summed E-state index contributed by atoms with van der Waals surface area (Å²) in [6.45, 7) is 10.3. The molecule has 0 atom stereocenters. The first-order chi connectivity index (χ1) is 18.3. The largest absolute Gasteiger partial charge is 0.397 e. The number of nitrogen functional groups attached to an aromatic ring is 1. The molecule has 3 heterocycles. The molecule has 0 spiro atoms. The van der Waals surface area contributed by atoms with Crippen molar-refractivity contribution in [1.82, 2.24) is 19.8 Å². The Bertz CT molecular complexity index is 1300. The second-order valence-electron chi connectivity index (χ2n) is 10.7. The van der Waals surface area contributed by atoms with Crippen LogP contribution in [0, 0.1) is 0 Å². The van der Waals surface area contributed by atoms with Gasteiger partial charge in [-0.05, 0) is 69.6 Å². The summed E-state index contributed by atoms with van der Waals surface area (Å²) in [5.41, 5.74) is 9.97. The third-order valence-corrected chi connectivity index (χ3v) is 9.10. The highest BCUT2D eigenvalue weighted by molar-refractivity contribution is 7.70. The van der Waals surface area contributed by atoms with Crippen molar-refractivity contribution < 1.29 is 4.57 Å². The van der Waals surface area contributed by atoms with Gasteiger partial charge in [0.15, 0.2) is 0 Å². The van der Waals surface area contributed by atoms with Crippen molar-refractivity contribution >= 4 is 47.0 Å². The molecule has 5 rings (SSSR count). The standard InChI is InChI=1S/C28H39N8OP/c1-34-16-18-35(19-17-34)22-11-14-36(15-12-22)25-9-8-21(20-23(25)29)31-28-30-13-10-27(33-28)32-24-6-4-5-7-26(24)38(2,3)37/h4-10,13,20,22H,11-12,14-19,29H2,1-3H3,(H2,30,31,32,33). The van der Waals surface area contributed by atoms with Crippen LogP contribution in [0.1, 0.15) is 12.8 Å². The highest BCUT2D eigenvalue weighted by atomic mass is 31.2.